The Labute approximate surface area is 181 Å². The first-order chi connectivity index (χ1) is 14.3. The van der Waals surface area contributed by atoms with E-state index in [4.69, 9.17) is 14.0 Å². The maximum atomic E-state index is 13.4. The van der Waals surface area contributed by atoms with E-state index in [1.54, 1.807) is 19.9 Å². The lowest BCUT2D eigenvalue weighted by molar-refractivity contribution is -0.144. The Balaban J connectivity index is 2.25. The van der Waals surface area contributed by atoms with E-state index in [0.717, 1.165) is 25.9 Å². The van der Waals surface area contributed by atoms with Crippen molar-refractivity contribution in [2.45, 2.75) is 57.9 Å². The highest BCUT2D eigenvalue weighted by Crippen LogP contribution is 2.45. The predicted molar refractivity (Wildman–Crippen MR) is 119 cm³/mol. The van der Waals surface area contributed by atoms with Gasteiger partial charge in [0.2, 0.25) is 0 Å². The van der Waals surface area contributed by atoms with Crippen molar-refractivity contribution in [3.8, 4) is 5.75 Å². The van der Waals surface area contributed by atoms with E-state index in [0.29, 0.717) is 5.75 Å². The molecule has 1 aliphatic heterocycles. The molecule has 7 nitrogen and oxygen atoms in total. The fourth-order valence-corrected chi connectivity index (χ4v) is 5.85. The number of esters is 1. The first-order valence-electron chi connectivity index (χ1n) is 10.8. The monoisotopic (exact) mass is 440 g/mol. The Hall–Kier alpha value is -1.40. The van der Waals surface area contributed by atoms with E-state index in [9.17, 15) is 9.36 Å². The zero-order valence-electron chi connectivity index (χ0n) is 19.0. The third-order valence-electron chi connectivity index (χ3n) is 5.72. The average Bonchev–Trinajstić information content (AvgIpc) is 2.90. The van der Waals surface area contributed by atoms with E-state index < -0.39 is 19.5 Å². The normalized spacial score (nSPS) is 23.2. The predicted octanol–water partition coefficient (Wildman–Crippen LogP) is 4.17. The van der Waals surface area contributed by atoms with Crippen LogP contribution in [0.25, 0.3) is 0 Å². The first kappa shape index (κ1) is 24.9. The molecule has 0 radical (unpaired) electrons. The van der Waals surface area contributed by atoms with Crippen molar-refractivity contribution < 1.29 is 23.4 Å². The van der Waals surface area contributed by atoms with Gasteiger partial charge in [-0.15, -0.1) is 0 Å². The Morgan fingerprint density at radius 2 is 2.10 bits per heavy atom. The second kappa shape index (κ2) is 11.3. The van der Waals surface area contributed by atoms with Crippen molar-refractivity contribution in [1.82, 2.24) is 9.99 Å². The summed E-state index contributed by atoms with van der Waals surface area (Å²) in [6.45, 7) is 7.92. The van der Waals surface area contributed by atoms with E-state index in [1.807, 2.05) is 12.1 Å². The van der Waals surface area contributed by atoms with Crippen LogP contribution in [0.1, 0.15) is 52.0 Å². The van der Waals surface area contributed by atoms with Gasteiger partial charge in [0.05, 0.1) is 6.61 Å². The van der Waals surface area contributed by atoms with Crippen molar-refractivity contribution in [1.29, 1.82) is 0 Å². The maximum absolute atomic E-state index is 13.4. The summed E-state index contributed by atoms with van der Waals surface area (Å²) in [7, 11) is 0.156. The quantitative estimate of drug-likeness (QED) is 0.432. The lowest BCUT2D eigenvalue weighted by Crippen LogP contribution is -2.37. The molecule has 8 heteroatoms. The number of ether oxygens (including phenoxy) is 2. The summed E-state index contributed by atoms with van der Waals surface area (Å²) < 4.78 is 29.4. The van der Waals surface area contributed by atoms with Gasteiger partial charge < -0.3 is 18.9 Å². The number of nitrogens with zero attached hydrogens (tertiary/aromatic N) is 1. The molecule has 3 atom stereocenters. The van der Waals surface area contributed by atoms with Crippen LogP contribution in [-0.2, 0) is 24.2 Å². The number of carbonyl (C=O) groups excluding carboxylic acids is 1. The molecule has 1 aromatic carbocycles. The number of likely N-dealkylation sites (N-methyl/N-ethyl adjacent to an activating group) is 1. The number of hydrogen-bond acceptors (Lipinski definition) is 6. The molecule has 1 heterocycles. The largest absolute Gasteiger partial charge is 0.465 e. The van der Waals surface area contributed by atoms with Crippen molar-refractivity contribution in [2.75, 3.05) is 40.2 Å². The third kappa shape index (κ3) is 6.55. The second-order valence-electron chi connectivity index (χ2n) is 8.14. The van der Waals surface area contributed by atoms with Gasteiger partial charge in [0, 0.05) is 19.1 Å². The summed E-state index contributed by atoms with van der Waals surface area (Å²) in [5.74, 6) is 0.0359. The van der Waals surface area contributed by atoms with Gasteiger partial charge in [-0.1, -0.05) is 25.5 Å². The summed E-state index contributed by atoms with van der Waals surface area (Å²) in [6, 6.07) is 7.09. The molecule has 0 spiro atoms. The van der Waals surface area contributed by atoms with Crippen molar-refractivity contribution in [3.63, 3.8) is 0 Å². The highest BCUT2D eigenvalue weighted by atomic mass is 31.2. The highest BCUT2D eigenvalue weighted by Gasteiger charge is 2.34. The van der Waals surface area contributed by atoms with Gasteiger partial charge in [0.1, 0.15) is 18.1 Å². The number of hydrogen-bond donors (Lipinski definition) is 1. The van der Waals surface area contributed by atoms with Crippen LogP contribution in [0.15, 0.2) is 24.3 Å². The van der Waals surface area contributed by atoms with E-state index in [2.05, 4.69) is 30.0 Å². The smallest absolute Gasteiger partial charge is 0.342 e. The fourth-order valence-electron chi connectivity index (χ4n) is 4.18. The number of nitrogens with one attached hydrogen (secondary N) is 1. The summed E-state index contributed by atoms with van der Waals surface area (Å²) in [6.07, 6.45) is 4.37. The van der Waals surface area contributed by atoms with Crippen LogP contribution in [0, 0.1) is 0 Å². The van der Waals surface area contributed by atoms with Crippen LogP contribution >= 0.6 is 7.52 Å². The van der Waals surface area contributed by atoms with Gasteiger partial charge >= 0.3 is 13.5 Å². The minimum absolute atomic E-state index is 0.0432. The van der Waals surface area contributed by atoms with Crippen LogP contribution in [0.3, 0.4) is 0 Å². The summed E-state index contributed by atoms with van der Waals surface area (Å²) in [5.41, 5.74) is 1.24. The molecular formula is C22H37N2O5P. The zero-order chi connectivity index (χ0) is 22.2. The Bertz CT molecular complexity index is 744. The Morgan fingerprint density at radius 1 is 1.33 bits per heavy atom. The third-order valence-corrected chi connectivity index (χ3v) is 7.61. The number of rotatable bonds is 10. The number of methoxy groups -OCH3 is 1. The van der Waals surface area contributed by atoms with Gasteiger partial charge in [-0.2, -0.15) is 0 Å². The molecule has 0 aromatic heterocycles. The van der Waals surface area contributed by atoms with Crippen LogP contribution < -0.4 is 9.61 Å². The van der Waals surface area contributed by atoms with Gasteiger partial charge in [-0.3, -0.25) is 9.36 Å². The molecule has 1 N–H and O–H groups in total. The lowest BCUT2D eigenvalue weighted by atomic mass is 9.74. The molecular weight excluding hydrogens is 403 g/mol. The number of carbonyl (C=O) groups is 1. The molecule has 30 heavy (non-hydrogen) atoms. The molecule has 1 aromatic rings. The molecule has 2 rings (SSSR count). The van der Waals surface area contributed by atoms with Gasteiger partial charge in [0.15, 0.2) is 0 Å². The van der Waals surface area contributed by atoms with Gasteiger partial charge in [0.25, 0.3) is 0 Å². The molecule has 1 saturated heterocycles. The van der Waals surface area contributed by atoms with Crippen molar-refractivity contribution in [3.05, 3.63) is 29.8 Å². The number of likely N-dealkylation sites (tertiary alicyclic amines) is 1. The number of benzene rings is 1. The Kier molecular flexibility index (Phi) is 9.35. The maximum Gasteiger partial charge on any atom is 0.342 e. The lowest BCUT2D eigenvalue weighted by Gasteiger charge is -2.35. The molecule has 0 amide bonds. The van der Waals surface area contributed by atoms with Crippen LogP contribution in [0.4, 0.5) is 0 Å². The summed E-state index contributed by atoms with van der Waals surface area (Å²) >= 11 is 0. The first-order valence-corrected chi connectivity index (χ1v) is 12.6. The molecule has 0 saturated carbocycles. The molecule has 1 aliphatic rings. The zero-order valence-corrected chi connectivity index (χ0v) is 19.9. The summed E-state index contributed by atoms with van der Waals surface area (Å²) in [5, 5.41) is 2.79. The molecule has 170 valence electrons. The highest BCUT2D eigenvalue weighted by molar-refractivity contribution is 7.57. The van der Waals surface area contributed by atoms with Crippen LogP contribution in [-0.4, -0.2) is 57.1 Å². The molecule has 0 aliphatic carbocycles. The minimum Gasteiger partial charge on any atom is -0.465 e. The van der Waals surface area contributed by atoms with E-state index >= 15 is 0 Å². The van der Waals surface area contributed by atoms with Gasteiger partial charge in [-0.25, -0.2) is 5.09 Å². The second-order valence-corrected chi connectivity index (χ2v) is 10.2. The molecule has 1 fully saturated rings. The fraction of sp³-hybridized carbons (Fsp3) is 0.682. The minimum atomic E-state index is -3.47. The van der Waals surface area contributed by atoms with Crippen LogP contribution in [0.2, 0.25) is 0 Å². The van der Waals surface area contributed by atoms with Crippen LogP contribution in [0.5, 0.6) is 5.75 Å². The van der Waals surface area contributed by atoms with E-state index in [-0.39, 0.29) is 18.4 Å². The molecule has 2 unspecified atom stereocenters. The SMILES string of the molecule is CCOC(=O)[C@H](C)NP(=O)(COC)Oc1cccc(C2(CC)CCCCN(C)C2)c1. The van der Waals surface area contributed by atoms with E-state index in [1.165, 1.54) is 25.5 Å². The average molecular weight is 441 g/mol. The van der Waals surface area contributed by atoms with Crippen molar-refractivity contribution >= 4 is 13.5 Å². The topological polar surface area (TPSA) is 77.1 Å². The standard InChI is InChI=1S/C22H37N2O5P/c1-6-22(13-8-9-14-24(4)16-22)19-11-10-12-20(15-19)29-30(26,17-27-5)23-18(3)21(25)28-7-2/h10-12,15,18H,6-9,13-14,16-17H2,1-5H3,(H,23,26)/t18-,22?,30?/m0/s1. The Morgan fingerprint density at radius 3 is 2.77 bits per heavy atom. The van der Waals surface area contributed by atoms with Gasteiger partial charge in [-0.05, 0) is 64.4 Å². The van der Waals surface area contributed by atoms with Crippen molar-refractivity contribution in [2.24, 2.45) is 0 Å². The molecule has 0 bridgehead atoms. The summed E-state index contributed by atoms with van der Waals surface area (Å²) in [4.78, 5) is 14.4.